The zero-order chi connectivity index (χ0) is 19.3. The number of aromatic nitrogens is 3. The Labute approximate surface area is 155 Å². The number of nitrogens with two attached hydrogens (primary N) is 2. The molecule has 26 heavy (non-hydrogen) atoms. The third kappa shape index (κ3) is 4.66. The smallest absolute Gasteiger partial charge is 0.318 e. The van der Waals surface area contributed by atoms with Crippen LogP contribution in [0, 0.1) is 5.92 Å². The number of thioether (sulfide) groups is 1. The van der Waals surface area contributed by atoms with Gasteiger partial charge in [-0.2, -0.15) is 0 Å². The molecule has 9 nitrogen and oxygen atoms in total. The minimum atomic E-state index is -0.898. The van der Waals surface area contributed by atoms with Gasteiger partial charge in [-0.05, 0) is 37.1 Å². The van der Waals surface area contributed by atoms with Crippen molar-refractivity contribution < 1.29 is 14.3 Å². The van der Waals surface area contributed by atoms with Gasteiger partial charge in [0.05, 0.1) is 11.9 Å². The number of carbonyl (C=O) groups is 2. The van der Waals surface area contributed by atoms with Gasteiger partial charge in [0.15, 0.2) is 5.82 Å². The monoisotopic (exact) mass is 378 g/mol. The van der Waals surface area contributed by atoms with E-state index in [0.717, 1.165) is 23.1 Å². The number of rotatable bonds is 7. The van der Waals surface area contributed by atoms with E-state index in [1.807, 2.05) is 45.0 Å². The second-order valence-corrected chi connectivity index (χ2v) is 6.88. The highest BCUT2D eigenvalue weighted by Gasteiger charge is 2.27. The molecule has 0 saturated heterocycles. The van der Waals surface area contributed by atoms with Crippen LogP contribution in [0.25, 0.3) is 11.4 Å². The van der Waals surface area contributed by atoms with Crippen molar-refractivity contribution in [3.05, 3.63) is 24.3 Å². The molecule has 10 heteroatoms. The highest BCUT2D eigenvalue weighted by Crippen LogP contribution is 2.29. The largest absolute Gasteiger partial charge is 0.494 e. The molecule has 0 aliphatic rings. The number of carbonyl (C=O) groups excluding carboxylic acids is 2. The zero-order valence-electron chi connectivity index (χ0n) is 14.8. The molecule has 0 bridgehead atoms. The summed E-state index contributed by atoms with van der Waals surface area (Å²) in [5.41, 5.74) is 5.78. The number of benzene rings is 1. The number of hydrogen-bond donors (Lipinski definition) is 3. The van der Waals surface area contributed by atoms with Crippen molar-refractivity contribution in [1.82, 2.24) is 20.2 Å². The van der Waals surface area contributed by atoms with Gasteiger partial charge in [-0.25, -0.2) is 9.47 Å². The van der Waals surface area contributed by atoms with Crippen molar-refractivity contribution in [1.29, 1.82) is 0 Å². The quantitative estimate of drug-likeness (QED) is 0.488. The normalized spacial score (nSPS) is 12.0. The molecule has 2 aromatic rings. The van der Waals surface area contributed by atoms with E-state index < -0.39 is 17.2 Å². The van der Waals surface area contributed by atoms with Crippen LogP contribution in [-0.4, -0.2) is 38.7 Å². The van der Waals surface area contributed by atoms with Crippen molar-refractivity contribution in [2.24, 2.45) is 11.7 Å². The summed E-state index contributed by atoms with van der Waals surface area (Å²) in [4.78, 5) is 23.1. The maximum Gasteiger partial charge on any atom is 0.318 e. The Kier molecular flexibility index (Phi) is 6.45. The van der Waals surface area contributed by atoms with E-state index in [2.05, 4.69) is 15.5 Å². The van der Waals surface area contributed by atoms with Gasteiger partial charge in [-0.3, -0.25) is 10.1 Å². The summed E-state index contributed by atoms with van der Waals surface area (Å²) in [7, 11) is 0. The molecule has 0 fully saturated rings. The highest BCUT2D eigenvalue weighted by atomic mass is 32.2. The number of amides is 3. The fraction of sp³-hybridized carbons (Fsp3) is 0.375. The molecule has 1 aromatic carbocycles. The van der Waals surface area contributed by atoms with Crippen molar-refractivity contribution in [2.75, 3.05) is 12.4 Å². The van der Waals surface area contributed by atoms with Crippen LogP contribution in [0.4, 0.5) is 4.79 Å². The number of nitrogen functional groups attached to an aromatic ring is 1. The first-order valence-corrected chi connectivity index (χ1v) is 8.92. The molecule has 1 atom stereocenters. The molecule has 140 valence electrons. The van der Waals surface area contributed by atoms with E-state index in [4.69, 9.17) is 16.3 Å². The van der Waals surface area contributed by atoms with Crippen LogP contribution >= 0.6 is 11.8 Å². The molecule has 0 spiro atoms. The fourth-order valence-electron chi connectivity index (χ4n) is 2.22. The second kappa shape index (κ2) is 8.56. The van der Waals surface area contributed by atoms with Crippen LogP contribution < -0.4 is 21.6 Å². The molecule has 0 aliphatic heterocycles. The van der Waals surface area contributed by atoms with Gasteiger partial charge < -0.3 is 16.3 Å². The first-order chi connectivity index (χ1) is 12.3. The van der Waals surface area contributed by atoms with Crippen LogP contribution in [-0.2, 0) is 4.79 Å². The summed E-state index contributed by atoms with van der Waals surface area (Å²) in [5, 5.41) is 10.0. The number of hydrogen-bond acceptors (Lipinski definition) is 7. The van der Waals surface area contributed by atoms with Gasteiger partial charge in [0.1, 0.15) is 5.75 Å². The predicted molar refractivity (Wildman–Crippen MR) is 99.0 cm³/mol. The number of imide groups is 1. The van der Waals surface area contributed by atoms with Crippen molar-refractivity contribution in [3.63, 3.8) is 0 Å². The van der Waals surface area contributed by atoms with E-state index in [1.54, 1.807) is 0 Å². The van der Waals surface area contributed by atoms with Crippen LogP contribution in [0.2, 0.25) is 0 Å². The lowest BCUT2D eigenvalue weighted by Crippen LogP contribution is -2.42. The maximum absolute atomic E-state index is 12.1. The molecule has 0 saturated carbocycles. The van der Waals surface area contributed by atoms with E-state index in [1.165, 1.54) is 4.68 Å². The molecule has 0 radical (unpaired) electrons. The highest BCUT2D eigenvalue weighted by molar-refractivity contribution is 8.00. The Morgan fingerprint density at radius 2 is 1.92 bits per heavy atom. The molecule has 3 amide bonds. The van der Waals surface area contributed by atoms with E-state index in [0.29, 0.717) is 17.6 Å². The lowest BCUT2D eigenvalue weighted by molar-refractivity contribution is -0.120. The number of ether oxygens (including phenoxy) is 1. The molecular weight excluding hydrogens is 356 g/mol. The van der Waals surface area contributed by atoms with Gasteiger partial charge >= 0.3 is 6.03 Å². The zero-order valence-corrected chi connectivity index (χ0v) is 15.6. The topological polar surface area (TPSA) is 138 Å². The molecule has 1 aromatic heterocycles. The fourth-order valence-corrected chi connectivity index (χ4v) is 3.17. The van der Waals surface area contributed by atoms with Crippen molar-refractivity contribution in [2.45, 2.75) is 31.2 Å². The van der Waals surface area contributed by atoms with Crippen LogP contribution in [0.15, 0.2) is 29.4 Å². The summed E-state index contributed by atoms with van der Waals surface area (Å²) >= 11 is 1.12. The number of primary amides is 1. The minimum Gasteiger partial charge on any atom is -0.494 e. The molecule has 1 heterocycles. The summed E-state index contributed by atoms with van der Waals surface area (Å²) in [5.74, 6) is 6.72. The Morgan fingerprint density at radius 3 is 2.46 bits per heavy atom. The second-order valence-electron chi connectivity index (χ2n) is 5.77. The third-order valence-electron chi connectivity index (χ3n) is 3.43. The summed E-state index contributed by atoms with van der Waals surface area (Å²) in [6.07, 6.45) is 0. The van der Waals surface area contributed by atoms with E-state index >= 15 is 0 Å². The van der Waals surface area contributed by atoms with Crippen molar-refractivity contribution >= 4 is 23.7 Å². The molecule has 5 N–H and O–H groups in total. The van der Waals surface area contributed by atoms with E-state index in [9.17, 15) is 9.59 Å². The first kappa shape index (κ1) is 19.6. The molecule has 2 rings (SSSR count). The average molecular weight is 378 g/mol. The van der Waals surface area contributed by atoms with Gasteiger partial charge in [-0.1, -0.05) is 25.6 Å². The van der Waals surface area contributed by atoms with Crippen LogP contribution in [0.5, 0.6) is 5.75 Å². The van der Waals surface area contributed by atoms with Gasteiger partial charge in [0, 0.05) is 5.56 Å². The van der Waals surface area contributed by atoms with Crippen LogP contribution in [0.3, 0.4) is 0 Å². The Balaban J connectivity index is 2.21. The first-order valence-electron chi connectivity index (χ1n) is 8.04. The lowest BCUT2D eigenvalue weighted by Gasteiger charge is -2.17. The SMILES string of the molecule is CCOc1ccc(-c2nnc(SC(C(=O)NC(N)=O)C(C)C)n2N)cc1. The van der Waals surface area contributed by atoms with Gasteiger partial charge in [-0.15, -0.1) is 10.2 Å². The Hall–Kier alpha value is -2.75. The molecular formula is C16H22N6O3S. The minimum absolute atomic E-state index is 0.0787. The molecule has 0 aliphatic carbocycles. The van der Waals surface area contributed by atoms with Crippen LogP contribution in [0.1, 0.15) is 20.8 Å². The predicted octanol–water partition coefficient (Wildman–Crippen LogP) is 1.37. The summed E-state index contributed by atoms with van der Waals surface area (Å²) in [6.45, 7) is 6.19. The van der Waals surface area contributed by atoms with Crippen molar-refractivity contribution in [3.8, 4) is 17.1 Å². The average Bonchev–Trinajstić information content (AvgIpc) is 2.93. The maximum atomic E-state index is 12.1. The summed E-state index contributed by atoms with van der Waals surface area (Å²) < 4.78 is 6.72. The van der Waals surface area contributed by atoms with E-state index in [-0.39, 0.29) is 5.92 Å². The van der Waals surface area contributed by atoms with Gasteiger partial charge in [0.25, 0.3) is 0 Å². The summed E-state index contributed by atoms with van der Waals surface area (Å²) in [6, 6.07) is 6.39. The molecule has 1 unspecified atom stereocenters. The van der Waals surface area contributed by atoms with Gasteiger partial charge in [0.2, 0.25) is 11.1 Å². The number of nitrogens with zero attached hydrogens (tertiary/aromatic N) is 3. The number of urea groups is 1. The lowest BCUT2D eigenvalue weighted by atomic mass is 10.1. The number of nitrogens with one attached hydrogen (secondary N) is 1. The Morgan fingerprint density at radius 1 is 1.27 bits per heavy atom. The standard InChI is InChI=1S/C16H22N6O3S/c1-4-25-11-7-5-10(6-8-11)13-20-21-16(22(13)18)26-12(9(2)3)14(23)19-15(17)24/h5-9,12H,4,18H2,1-3H3,(H3,17,19,23,24). The third-order valence-corrected chi connectivity index (χ3v) is 4.93. The Bertz CT molecular complexity index is 775.